The summed E-state index contributed by atoms with van der Waals surface area (Å²) in [5.41, 5.74) is 0. The van der Waals surface area contributed by atoms with Crippen molar-refractivity contribution in [1.82, 2.24) is 10.2 Å². The summed E-state index contributed by atoms with van der Waals surface area (Å²) in [6, 6.07) is 2.39. The van der Waals surface area contributed by atoms with E-state index in [1.165, 1.54) is 4.88 Å². The highest BCUT2D eigenvalue weighted by atomic mass is 79.9. The molecule has 2 heterocycles. The molecule has 1 fully saturated rings. The molecule has 0 aliphatic carbocycles. The third kappa shape index (κ3) is 3.33. The van der Waals surface area contributed by atoms with Crippen molar-refractivity contribution in [2.24, 2.45) is 0 Å². The van der Waals surface area contributed by atoms with Crippen molar-refractivity contribution in [3.63, 3.8) is 0 Å². The van der Waals surface area contributed by atoms with Crippen LogP contribution in [0, 0.1) is 0 Å². The number of piperidine rings is 1. The minimum atomic E-state index is -0.00233. The molecular formula is C13H19BrN2OS. The Balaban J connectivity index is 2.00. The van der Waals surface area contributed by atoms with Gasteiger partial charge in [-0.1, -0.05) is 13.8 Å². The van der Waals surface area contributed by atoms with E-state index < -0.39 is 0 Å². The van der Waals surface area contributed by atoms with Crippen LogP contribution >= 0.6 is 27.3 Å². The monoisotopic (exact) mass is 330 g/mol. The van der Waals surface area contributed by atoms with Gasteiger partial charge in [0.1, 0.15) is 0 Å². The Morgan fingerprint density at radius 2 is 2.39 bits per heavy atom. The third-order valence-electron chi connectivity index (χ3n) is 3.09. The highest BCUT2D eigenvalue weighted by Crippen LogP contribution is 2.25. The van der Waals surface area contributed by atoms with E-state index >= 15 is 0 Å². The lowest BCUT2D eigenvalue weighted by molar-refractivity contribution is -0.136. The van der Waals surface area contributed by atoms with Gasteiger partial charge < -0.3 is 10.2 Å². The molecule has 0 saturated carbocycles. The van der Waals surface area contributed by atoms with Gasteiger partial charge in [0.15, 0.2) is 0 Å². The largest absolute Gasteiger partial charge is 0.336 e. The molecule has 0 radical (unpaired) electrons. The molecule has 0 aromatic carbocycles. The van der Waals surface area contributed by atoms with E-state index in [-0.39, 0.29) is 11.9 Å². The van der Waals surface area contributed by atoms with Crippen LogP contribution < -0.4 is 5.32 Å². The maximum Gasteiger partial charge on any atom is 0.240 e. The van der Waals surface area contributed by atoms with Gasteiger partial charge >= 0.3 is 0 Å². The number of hydrogen-bond acceptors (Lipinski definition) is 3. The first-order valence-corrected chi connectivity index (χ1v) is 8.02. The standard InChI is InChI=1S/C13H19BrN2OS/c1-9(2)15-11-4-3-6-16(13(11)17)8-12-10(14)5-7-18-12/h5,7,9,11,15H,3-4,6,8H2,1-2H3. The number of nitrogens with zero attached hydrogens (tertiary/aromatic N) is 1. The van der Waals surface area contributed by atoms with Crippen molar-refractivity contribution in [2.75, 3.05) is 6.54 Å². The number of nitrogens with one attached hydrogen (secondary N) is 1. The quantitative estimate of drug-likeness (QED) is 0.920. The molecule has 18 heavy (non-hydrogen) atoms. The van der Waals surface area contributed by atoms with Gasteiger partial charge in [0.25, 0.3) is 0 Å². The van der Waals surface area contributed by atoms with Gasteiger partial charge in [-0.3, -0.25) is 4.79 Å². The first-order valence-electron chi connectivity index (χ1n) is 6.34. The second-order valence-electron chi connectivity index (χ2n) is 4.97. The fourth-order valence-corrected chi connectivity index (χ4v) is 3.76. The number of likely N-dealkylation sites (tertiary alicyclic amines) is 1. The van der Waals surface area contributed by atoms with E-state index in [2.05, 4.69) is 40.5 Å². The Labute approximate surface area is 121 Å². The maximum atomic E-state index is 12.4. The normalized spacial score (nSPS) is 20.8. The second-order valence-corrected chi connectivity index (χ2v) is 6.82. The van der Waals surface area contributed by atoms with Crippen LogP contribution in [0.1, 0.15) is 31.6 Å². The molecule has 1 atom stereocenters. The molecule has 0 bridgehead atoms. The lowest BCUT2D eigenvalue weighted by Gasteiger charge is -2.33. The SMILES string of the molecule is CC(C)NC1CCCN(Cc2sccc2Br)C1=O. The number of thiophene rings is 1. The van der Waals surface area contributed by atoms with Crippen LogP contribution in [0.15, 0.2) is 15.9 Å². The van der Waals surface area contributed by atoms with Gasteiger partial charge in [0, 0.05) is 21.9 Å². The predicted octanol–water partition coefficient (Wildman–Crippen LogP) is 3.00. The molecule has 1 N–H and O–H groups in total. The van der Waals surface area contributed by atoms with Crippen LogP contribution in [0.3, 0.4) is 0 Å². The summed E-state index contributed by atoms with van der Waals surface area (Å²) in [7, 11) is 0. The van der Waals surface area contributed by atoms with Gasteiger partial charge in [-0.2, -0.15) is 0 Å². The number of carbonyl (C=O) groups is 1. The molecule has 1 aliphatic rings. The van der Waals surface area contributed by atoms with Crippen LogP contribution in [0.2, 0.25) is 0 Å². The molecule has 3 nitrogen and oxygen atoms in total. The molecule has 1 unspecified atom stereocenters. The Morgan fingerprint density at radius 1 is 1.61 bits per heavy atom. The van der Waals surface area contributed by atoms with Crippen molar-refractivity contribution in [1.29, 1.82) is 0 Å². The summed E-state index contributed by atoms with van der Waals surface area (Å²) < 4.78 is 1.11. The van der Waals surface area contributed by atoms with Gasteiger partial charge in [-0.15, -0.1) is 11.3 Å². The van der Waals surface area contributed by atoms with Crippen LogP contribution in [0.25, 0.3) is 0 Å². The molecule has 1 aliphatic heterocycles. The summed E-state index contributed by atoms with van der Waals surface area (Å²) in [5.74, 6) is 0.246. The summed E-state index contributed by atoms with van der Waals surface area (Å²) in [6.45, 7) is 5.77. The van der Waals surface area contributed by atoms with Crippen molar-refractivity contribution < 1.29 is 4.79 Å². The highest BCUT2D eigenvalue weighted by Gasteiger charge is 2.29. The molecule has 1 aromatic heterocycles. The lowest BCUT2D eigenvalue weighted by Crippen LogP contribution is -2.51. The molecule has 100 valence electrons. The summed E-state index contributed by atoms with van der Waals surface area (Å²) in [5, 5.41) is 5.41. The van der Waals surface area contributed by atoms with Crippen LogP contribution in [0.4, 0.5) is 0 Å². The molecule has 2 rings (SSSR count). The second kappa shape index (κ2) is 6.17. The average molecular weight is 331 g/mol. The molecular weight excluding hydrogens is 312 g/mol. The third-order valence-corrected chi connectivity index (χ3v) is 5.00. The first kappa shape index (κ1) is 14.0. The topological polar surface area (TPSA) is 32.3 Å². The van der Waals surface area contributed by atoms with Crippen molar-refractivity contribution in [3.05, 3.63) is 20.8 Å². The number of amides is 1. The van der Waals surface area contributed by atoms with Crippen molar-refractivity contribution >= 4 is 33.2 Å². The molecule has 1 aromatic rings. The fourth-order valence-electron chi connectivity index (χ4n) is 2.27. The van der Waals surface area contributed by atoms with Gasteiger partial charge in [0.2, 0.25) is 5.91 Å². The van der Waals surface area contributed by atoms with E-state index in [9.17, 15) is 4.79 Å². The zero-order valence-corrected chi connectivity index (χ0v) is 13.2. The zero-order valence-electron chi connectivity index (χ0n) is 10.8. The van der Waals surface area contributed by atoms with Gasteiger partial charge in [-0.25, -0.2) is 0 Å². The summed E-state index contributed by atoms with van der Waals surface area (Å²) in [4.78, 5) is 15.6. The van der Waals surface area contributed by atoms with E-state index in [4.69, 9.17) is 0 Å². The lowest BCUT2D eigenvalue weighted by atomic mass is 10.0. The Bertz CT molecular complexity index is 419. The minimum Gasteiger partial charge on any atom is -0.336 e. The minimum absolute atomic E-state index is 0.00233. The van der Waals surface area contributed by atoms with Crippen molar-refractivity contribution in [2.45, 2.75) is 45.3 Å². The van der Waals surface area contributed by atoms with E-state index in [0.29, 0.717) is 6.04 Å². The number of halogens is 1. The van der Waals surface area contributed by atoms with Crippen LogP contribution in [-0.2, 0) is 11.3 Å². The average Bonchev–Trinajstić information content (AvgIpc) is 2.70. The number of carbonyl (C=O) groups excluding carboxylic acids is 1. The van der Waals surface area contributed by atoms with E-state index in [1.54, 1.807) is 11.3 Å². The van der Waals surface area contributed by atoms with Crippen molar-refractivity contribution in [3.8, 4) is 0 Å². The molecule has 1 amide bonds. The number of rotatable bonds is 4. The molecule has 5 heteroatoms. The maximum absolute atomic E-state index is 12.4. The van der Waals surface area contributed by atoms with E-state index in [1.807, 2.05) is 11.0 Å². The smallest absolute Gasteiger partial charge is 0.240 e. The Morgan fingerprint density at radius 3 is 3.00 bits per heavy atom. The fraction of sp³-hybridized carbons (Fsp3) is 0.615. The Hall–Kier alpha value is -0.390. The summed E-state index contributed by atoms with van der Waals surface area (Å²) >= 11 is 5.22. The summed E-state index contributed by atoms with van der Waals surface area (Å²) in [6.07, 6.45) is 2.04. The molecule has 0 spiro atoms. The molecule has 1 saturated heterocycles. The van der Waals surface area contributed by atoms with Gasteiger partial charge in [-0.05, 0) is 40.2 Å². The zero-order chi connectivity index (χ0) is 13.1. The highest BCUT2D eigenvalue weighted by molar-refractivity contribution is 9.10. The predicted molar refractivity (Wildman–Crippen MR) is 78.7 cm³/mol. The van der Waals surface area contributed by atoms with Crippen LogP contribution in [-0.4, -0.2) is 29.4 Å². The first-order chi connectivity index (χ1) is 8.58. The number of hydrogen-bond donors (Lipinski definition) is 1. The van der Waals surface area contributed by atoms with E-state index in [0.717, 1.165) is 30.4 Å². The van der Waals surface area contributed by atoms with Crippen LogP contribution in [0.5, 0.6) is 0 Å². The van der Waals surface area contributed by atoms with Gasteiger partial charge in [0.05, 0.1) is 12.6 Å². The Kier molecular flexibility index (Phi) is 4.81.